The highest BCUT2D eigenvalue weighted by molar-refractivity contribution is 6.34. The van der Waals surface area contributed by atoms with Crippen LogP contribution in [0, 0.1) is 25.6 Å². The summed E-state index contributed by atoms with van der Waals surface area (Å²) in [5.41, 5.74) is -2.30. The SMILES string of the molecule is O=C(O)CC1(CC(=O)Nc2c(Cl)cc([N+](=O)[O-])cc2[N+](=O)[O-])CCCC1. The van der Waals surface area contributed by atoms with Gasteiger partial charge in [-0.3, -0.25) is 29.8 Å². The number of aliphatic carboxylic acids is 1. The fourth-order valence-electron chi connectivity index (χ4n) is 3.34. The van der Waals surface area contributed by atoms with Crippen molar-refractivity contribution in [3.05, 3.63) is 37.4 Å². The number of nitro benzene ring substituents is 2. The molecule has 0 spiro atoms. The van der Waals surface area contributed by atoms with Crippen LogP contribution in [0.2, 0.25) is 5.02 Å². The molecule has 0 saturated heterocycles. The van der Waals surface area contributed by atoms with E-state index in [0.717, 1.165) is 18.9 Å². The topological polar surface area (TPSA) is 153 Å². The van der Waals surface area contributed by atoms with Gasteiger partial charge in [0.25, 0.3) is 5.69 Å². The van der Waals surface area contributed by atoms with Crippen LogP contribution in [-0.4, -0.2) is 26.8 Å². The van der Waals surface area contributed by atoms with E-state index in [0.29, 0.717) is 18.9 Å². The number of anilines is 1. The Bertz CT molecular complexity index is 775. The highest BCUT2D eigenvalue weighted by atomic mass is 35.5. The summed E-state index contributed by atoms with van der Waals surface area (Å²) in [7, 11) is 0. The minimum atomic E-state index is -1.01. The molecule has 0 atom stereocenters. The number of nitrogens with zero attached hydrogens (tertiary/aromatic N) is 2. The standard InChI is InChI=1S/C15H16ClN3O7/c16-10-5-9(18(23)24)6-11(19(25)26)14(10)17-12(20)7-15(8-13(21)22)3-1-2-4-15/h5-6H,1-4,7-8H2,(H,17,20)(H,21,22). The van der Waals surface area contributed by atoms with E-state index in [2.05, 4.69) is 5.32 Å². The largest absolute Gasteiger partial charge is 0.481 e. The number of hydrogen-bond donors (Lipinski definition) is 2. The molecule has 1 aliphatic carbocycles. The number of non-ortho nitro benzene ring substituents is 1. The van der Waals surface area contributed by atoms with Crippen molar-refractivity contribution in [1.82, 2.24) is 0 Å². The van der Waals surface area contributed by atoms with Crippen molar-refractivity contribution in [1.29, 1.82) is 0 Å². The van der Waals surface area contributed by atoms with E-state index >= 15 is 0 Å². The number of carboxylic acid groups (broad SMARTS) is 1. The molecule has 1 aliphatic rings. The van der Waals surface area contributed by atoms with Gasteiger partial charge in [-0.05, 0) is 18.3 Å². The smallest absolute Gasteiger partial charge is 0.303 e. The fourth-order valence-corrected chi connectivity index (χ4v) is 3.59. The first-order valence-corrected chi connectivity index (χ1v) is 8.15. The number of nitrogens with one attached hydrogen (secondary N) is 1. The molecule has 1 amide bonds. The van der Waals surface area contributed by atoms with Crippen molar-refractivity contribution in [2.75, 3.05) is 5.32 Å². The number of nitro groups is 2. The molecule has 0 unspecified atom stereocenters. The number of benzene rings is 1. The summed E-state index contributed by atoms with van der Waals surface area (Å²) in [4.78, 5) is 43.8. The number of hydrogen-bond acceptors (Lipinski definition) is 6. The van der Waals surface area contributed by atoms with Crippen LogP contribution in [0.4, 0.5) is 17.1 Å². The molecule has 1 saturated carbocycles. The summed E-state index contributed by atoms with van der Waals surface area (Å²) in [6, 6.07) is 1.62. The lowest BCUT2D eigenvalue weighted by Gasteiger charge is -2.26. The molecule has 26 heavy (non-hydrogen) atoms. The Kier molecular flexibility index (Phi) is 5.76. The molecule has 0 radical (unpaired) electrons. The summed E-state index contributed by atoms with van der Waals surface area (Å²) >= 11 is 5.88. The van der Waals surface area contributed by atoms with E-state index < -0.39 is 38.5 Å². The van der Waals surface area contributed by atoms with Crippen LogP contribution in [0.1, 0.15) is 38.5 Å². The molecular formula is C15H16ClN3O7. The number of amides is 1. The maximum atomic E-state index is 12.4. The van der Waals surface area contributed by atoms with Crippen LogP contribution in [-0.2, 0) is 9.59 Å². The summed E-state index contributed by atoms with van der Waals surface area (Å²) in [6.07, 6.45) is 2.46. The van der Waals surface area contributed by atoms with Crippen molar-refractivity contribution in [2.45, 2.75) is 38.5 Å². The molecule has 140 valence electrons. The lowest BCUT2D eigenvalue weighted by molar-refractivity contribution is -0.393. The zero-order valence-corrected chi connectivity index (χ0v) is 14.3. The molecule has 11 heteroatoms. The predicted molar refractivity (Wildman–Crippen MR) is 91.2 cm³/mol. The van der Waals surface area contributed by atoms with Gasteiger partial charge in [0.2, 0.25) is 5.91 Å². The molecule has 2 N–H and O–H groups in total. The second-order valence-corrected chi connectivity index (χ2v) is 6.75. The second-order valence-electron chi connectivity index (χ2n) is 6.34. The maximum absolute atomic E-state index is 12.4. The second kappa shape index (κ2) is 7.65. The number of halogens is 1. The van der Waals surface area contributed by atoms with Gasteiger partial charge in [0.15, 0.2) is 0 Å². The summed E-state index contributed by atoms with van der Waals surface area (Å²) < 4.78 is 0. The van der Waals surface area contributed by atoms with Gasteiger partial charge < -0.3 is 10.4 Å². The Morgan fingerprint density at radius 3 is 2.27 bits per heavy atom. The van der Waals surface area contributed by atoms with E-state index in [9.17, 15) is 29.8 Å². The van der Waals surface area contributed by atoms with Crippen molar-refractivity contribution in [2.24, 2.45) is 5.41 Å². The van der Waals surface area contributed by atoms with Crippen LogP contribution in [0.5, 0.6) is 0 Å². The lowest BCUT2D eigenvalue weighted by Crippen LogP contribution is -2.28. The fraction of sp³-hybridized carbons (Fsp3) is 0.467. The minimum absolute atomic E-state index is 0.121. The Balaban J connectivity index is 2.26. The third-order valence-corrected chi connectivity index (χ3v) is 4.75. The van der Waals surface area contributed by atoms with E-state index in [-0.39, 0.29) is 23.6 Å². The van der Waals surface area contributed by atoms with Gasteiger partial charge in [0.1, 0.15) is 5.69 Å². The number of rotatable bonds is 7. The van der Waals surface area contributed by atoms with E-state index in [1.165, 1.54) is 0 Å². The van der Waals surface area contributed by atoms with Gasteiger partial charge in [-0.1, -0.05) is 24.4 Å². The third kappa shape index (κ3) is 4.45. The Hall–Kier alpha value is -2.75. The first-order chi connectivity index (χ1) is 12.1. The number of carbonyl (C=O) groups excluding carboxylic acids is 1. The van der Waals surface area contributed by atoms with Crippen molar-refractivity contribution in [3.8, 4) is 0 Å². The lowest BCUT2D eigenvalue weighted by atomic mass is 9.79. The zero-order chi connectivity index (χ0) is 19.5. The van der Waals surface area contributed by atoms with E-state index in [4.69, 9.17) is 16.7 Å². The number of carbonyl (C=O) groups is 2. The van der Waals surface area contributed by atoms with Crippen LogP contribution in [0.25, 0.3) is 0 Å². The molecule has 0 aromatic heterocycles. The highest BCUT2D eigenvalue weighted by Crippen LogP contribution is 2.45. The van der Waals surface area contributed by atoms with Crippen LogP contribution in [0.3, 0.4) is 0 Å². The van der Waals surface area contributed by atoms with Gasteiger partial charge in [-0.25, -0.2) is 0 Å². The molecular weight excluding hydrogens is 370 g/mol. The van der Waals surface area contributed by atoms with Gasteiger partial charge in [0, 0.05) is 12.5 Å². The molecule has 1 aromatic carbocycles. The first kappa shape index (κ1) is 19.6. The van der Waals surface area contributed by atoms with Gasteiger partial charge in [-0.2, -0.15) is 0 Å². The predicted octanol–water partition coefficient (Wildman–Crippen LogP) is 3.52. The van der Waals surface area contributed by atoms with Crippen LogP contribution < -0.4 is 5.32 Å². The maximum Gasteiger partial charge on any atom is 0.303 e. The highest BCUT2D eigenvalue weighted by Gasteiger charge is 2.38. The van der Waals surface area contributed by atoms with Gasteiger partial charge in [0.05, 0.1) is 27.4 Å². The Labute approximate surface area is 152 Å². The van der Waals surface area contributed by atoms with E-state index in [1.807, 2.05) is 0 Å². The van der Waals surface area contributed by atoms with Crippen molar-refractivity contribution >= 4 is 40.5 Å². The first-order valence-electron chi connectivity index (χ1n) is 7.77. The van der Waals surface area contributed by atoms with Gasteiger partial charge >= 0.3 is 11.7 Å². The molecule has 2 rings (SSSR count). The van der Waals surface area contributed by atoms with Crippen molar-refractivity contribution in [3.63, 3.8) is 0 Å². The quantitative estimate of drug-likeness (QED) is 0.537. The average molecular weight is 386 g/mol. The summed E-state index contributed by atoms with van der Waals surface area (Å²) in [5.74, 6) is -1.63. The molecule has 0 aliphatic heterocycles. The number of carboxylic acids is 1. The molecule has 0 bridgehead atoms. The monoisotopic (exact) mass is 385 g/mol. The molecule has 1 fully saturated rings. The third-order valence-electron chi connectivity index (χ3n) is 4.45. The molecule has 0 heterocycles. The molecule has 1 aromatic rings. The van der Waals surface area contributed by atoms with Crippen molar-refractivity contribution < 1.29 is 24.5 Å². The Morgan fingerprint density at radius 2 is 1.77 bits per heavy atom. The van der Waals surface area contributed by atoms with Crippen LogP contribution >= 0.6 is 11.6 Å². The average Bonchev–Trinajstić information content (AvgIpc) is 2.95. The molecule has 10 nitrogen and oxygen atoms in total. The summed E-state index contributed by atoms with van der Waals surface area (Å²) in [6.45, 7) is 0. The normalized spacial score (nSPS) is 15.4. The van der Waals surface area contributed by atoms with E-state index in [1.54, 1.807) is 0 Å². The van der Waals surface area contributed by atoms with Gasteiger partial charge in [-0.15, -0.1) is 0 Å². The minimum Gasteiger partial charge on any atom is -0.481 e. The zero-order valence-electron chi connectivity index (χ0n) is 13.6. The Morgan fingerprint density at radius 1 is 1.15 bits per heavy atom. The summed E-state index contributed by atoms with van der Waals surface area (Å²) in [5, 5.41) is 33.1. The van der Waals surface area contributed by atoms with Crippen LogP contribution in [0.15, 0.2) is 12.1 Å².